The van der Waals surface area contributed by atoms with Gasteiger partial charge in [-0.05, 0) is 46.4 Å². The van der Waals surface area contributed by atoms with E-state index < -0.39 is 6.36 Å². The summed E-state index contributed by atoms with van der Waals surface area (Å²) < 4.78 is 39.8. The number of hydrogen-bond donors (Lipinski definition) is 1. The van der Waals surface area contributed by atoms with Gasteiger partial charge in [0.15, 0.2) is 0 Å². The third-order valence-corrected chi connectivity index (χ3v) is 1.97. The Hall–Kier alpha value is -0.500. The van der Waals surface area contributed by atoms with Gasteiger partial charge in [-0.1, -0.05) is 0 Å². The molecule has 6 heteroatoms. The van der Waals surface area contributed by atoms with Crippen LogP contribution in [0.25, 0.3) is 0 Å². The molecule has 0 saturated carbocycles. The molecule has 0 unspecified atom stereocenters. The Labute approximate surface area is 91.8 Å². The Bertz CT molecular complexity index is 325. The number of aliphatic hydroxyl groups excluding tert-OH is 1. The van der Waals surface area contributed by atoms with Gasteiger partial charge in [-0.25, -0.2) is 0 Å². The van der Waals surface area contributed by atoms with Crippen LogP contribution in [0.5, 0.6) is 5.75 Å². The van der Waals surface area contributed by atoms with Crippen molar-refractivity contribution in [2.24, 2.45) is 0 Å². The molecule has 0 fully saturated rings. The summed E-state index contributed by atoms with van der Waals surface area (Å²) in [6.07, 6.45) is -4.70. The molecular formula is C8H6F3IO2. The van der Waals surface area contributed by atoms with Crippen LogP contribution in [0.4, 0.5) is 13.2 Å². The Morgan fingerprint density at radius 3 is 2.43 bits per heavy atom. The highest BCUT2D eigenvalue weighted by Gasteiger charge is 2.31. The number of alkyl halides is 3. The highest BCUT2D eigenvalue weighted by Crippen LogP contribution is 2.25. The molecule has 0 heterocycles. The number of halogens is 4. The van der Waals surface area contributed by atoms with Gasteiger partial charge >= 0.3 is 6.36 Å². The molecular weight excluding hydrogens is 312 g/mol. The topological polar surface area (TPSA) is 29.5 Å². The van der Waals surface area contributed by atoms with Crippen LogP contribution < -0.4 is 4.74 Å². The molecule has 0 aliphatic heterocycles. The van der Waals surface area contributed by atoms with Crippen molar-refractivity contribution < 1.29 is 23.0 Å². The molecule has 1 aromatic carbocycles. The first-order valence-corrected chi connectivity index (χ1v) is 4.64. The van der Waals surface area contributed by atoms with Crippen LogP contribution in [0.2, 0.25) is 0 Å². The maximum atomic E-state index is 11.8. The summed E-state index contributed by atoms with van der Waals surface area (Å²) in [7, 11) is 0. The third kappa shape index (κ3) is 3.70. The summed E-state index contributed by atoms with van der Waals surface area (Å²) >= 11 is 1.85. The fourth-order valence-corrected chi connectivity index (χ4v) is 1.61. The Kier molecular flexibility index (Phi) is 3.59. The molecule has 0 amide bonds. The molecule has 0 bridgehead atoms. The largest absolute Gasteiger partial charge is 0.573 e. The van der Waals surface area contributed by atoms with Gasteiger partial charge < -0.3 is 9.84 Å². The van der Waals surface area contributed by atoms with Crippen molar-refractivity contribution >= 4 is 22.6 Å². The maximum Gasteiger partial charge on any atom is 0.573 e. The first kappa shape index (κ1) is 11.6. The van der Waals surface area contributed by atoms with Crippen molar-refractivity contribution in [1.82, 2.24) is 0 Å². The second-order valence-electron chi connectivity index (χ2n) is 2.50. The minimum absolute atomic E-state index is 0.312. The monoisotopic (exact) mass is 318 g/mol. The summed E-state index contributed by atoms with van der Waals surface area (Å²) in [5.74, 6) is -0.312. The lowest BCUT2D eigenvalue weighted by Gasteiger charge is -2.10. The van der Waals surface area contributed by atoms with E-state index in [1.54, 1.807) is 6.07 Å². The zero-order valence-corrected chi connectivity index (χ0v) is 8.96. The number of ether oxygens (including phenoxy) is 1. The quantitative estimate of drug-likeness (QED) is 0.850. The Morgan fingerprint density at radius 1 is 1.29 bits per heavy atom. The molecule has 1 aromatic rings. The van der Waals surface area contributed by atoms with E-state index in [-0.39, 0.29) is 12.4 Å². The van der Waals surface area contributed by atoms with Crippen LogP contribution in [0, 0.1) is 3.57 Å². The highest BCUT2D eigenvalue weighted by atomic mass is 127. The zero-order chi connectivity index (χ0) is 10.8. The van der Waals surface area contributed by atoms with E-state index in [0.29, 0.717) is 9.13 Å². The van der Waals surface area contributed by atoms with E-state index in [1.165, 1.54) is 6.07 Å². The summed E-state index contributed by atoms with van der Waals surface area (Å²) in [5.41, 5.74) is 0.385. The van der Waals surface area contributed by atoms with E-state index in [4.69, 9.17) is 5.11 Å². The predicted molar refractivity (Wildman–Crippen MR) is 51.8 cm³/mol. The first-order valence-electron chi connectivity index (χ1n) is 3.57. The van der Waals surface area contributed by atoms with Crippen LogP contribution >= 0.6 is 22.6 Å². The van der Waals surface area contributed by atoms with Crippen molar-refractivity contribution in [2.45, 2.75) is 13.0 Å². The Morgan fingerprint density at radius 2 is 1.93 bits per heavy atom. The van der Waals surface area contributed by atoms with Crippen LogP contribution in [0.15, 0.2) is 18.2 Å². The van der Waals surface area contributed by atoms with Crippen molar-refractivity contribution in [3.8, 4) is 5.75 Å². The molecule has 1 N–H and O–H groups in total. The standard InChI is InChI=1S/C8H6F3IO2/c9-8(10,11)14-7-2-5(4-13)1-6(12)3-7/h1-3,13H,4H2. The smallest absolute Gasteiger partial charge is 0.406 e. The molecule has 0 aliphatic rings. The number of hydrogen-bond acceptors (Lipinski definition) is 2. The number of rotatable bonds is 2. The average Bonchev–Trinajstić information content (AvgIpc) is 1.99. The molecule has 0 spiro atoms. The van der Waals surface area contributed by atoms with E-state index in [0.717, 1.165) is 6.07 Å². The molecule has 0 radical (unpaired) electrons. The summed E-state index contributed by atoms with van der Waals surface area (Å²) in [6, 6.07) is 3.96. The molecule has 14 heavy (non-hydrogen) atoms. The van der Waals surface area contributed by atoms with Gasteiger partial charge in [0.05, 0.1) is 6.61 Å². The maximum absolute atomic E-state index is 11.8. The van der Waals surface area contributed by atoms with Gasteiger partial charge in [-0.2, -0.15) is 0 Å². The molecule has 2 nitrogen and oxygen atoms in total. The molecule has 0 atom stereocenters. The molecule has 78 valence electrons. The molecule has 0 aliphatic carbocycles. The van der Waals surface area contributed by atoms with Gasteiger partial charge in [-0.15, -0.1) is 13.2 Å². The fourth-order valence-electron chi connectivity index (χ4n) is 0.905. The van der Waals surface area contributed by atoms with E-state index >= 15 is 0 Å². The van der Waals surface area contributed by atoms with Gasteiger partial charge in [-0.3, -0.25) is 0 Å². The van der Waals surface area contributed by atoms with E-state index in [1.807, 2.05) is 22.6 Å². The van der Waals surface area contributed by atoms with Crippen LogP contribution in [-0.4, -0.2) is 11.5 Å². The third-order valence-electron chi connectivity index (χ3n) is 1.35. The second-order valence-corrected chi connectivity index (χ2v) is 3.75. The lowest BCUT2D eigenvalue weighted by atomic mass is 10.2. The second kappa shape index (κ2) is 4.35. The highest BCUT2D eigenvalue weighted by molar-refractivity contribution is 14.1. The molecule has 0 saturated heterocycles. The summed E-state index contributed by atoms with van der Waals surface area (Å²) in [4.78, 5) is 0. The van der Waals surface area contributed by atoms with Gasteiger partial charge in [0, 0.05) is 3.57 Å². The lowest BCUT2D eigenvalue weighted by molar-refractivity contribution is -0.274. The predicted octanol–water partition coefficient (Wildman–Crippen LogP) is 2.68. The summed E-state index contributed by atoms with van der Waals surface area (Å²) in [5, 5.41) is 8.74. The van der Waals surface area contributed by atoms with Crippen molar-refractivity contribution in [1.29, 1.82) is 0 Å². The van der Waals surface area contributed by atoms with Crippen LogP contribution in [0.3, 0.4) is 0 Å². The van der Waals surface area contributed by atoms with Gasteiger partial charge in [0.25, 0.3) is 0 Å². The normalized spacial score (nSPS) is 11.5. The van der Waals surface area contributed by atoms with Crippen molar-refractivity contribution in [2.75, 3.05) is 0 Å². The zero-order valence-electron chi connectivity index (χ0n) is 6.81. The number of benzene rings is 1. The molecule has 0 aromatic heterocycles. The van der Waals surface area contributed by atoms with Gasteiger partial charge in [0.2, 0.25) is 0 Å². The fraction of sp³-hybridized carbons (Fsp3) is 0.250. The van der Waals surface area contributed by atoms with Crippen molar-refractivity contribution in [3.05, 3.63) is 27.3 Å². The summed E-state index contributed by atoms with van der Waals surface area (Å²) in [6.45, 7) is -0.314. The van der Waals surface area contributed by atoms with E-state index in [9.17, 15) is 13.2 Å². The SMILES string of the molecule is OCc1cc(I)cc(OC(F)(F)F)c1. The number of aliphatic hydroxyl groups is 1. The van der Waals surface area contributed by atoms with Crippen molar-refractivity contribution in [3.63, 3.8) is 0 Å². The first-order chi connectivity index (χ1) is 6.40. The van der Waals surface area contributed by atoms with Gasteiger partial charge in [0.1, 0.15) is 5.75 Å². The van der Waals surface area contributed by atoms with Crippen LogP contribution in [-0.2, 0) is 6.61 Å². The van der Waals surface area contributed by atoms with E-state index in [2.05, 4.69) is 4.74 Å². The minimum atomic E-state index is -4.70. The lowest BCUT2D eigenvalue weighted by Crippen LogP contribution is -2.17. The van der Waals surface area contributed by atoms with Crippen LogP contribution in [0.1, 0.15) is 5.56 Å². The average molecular weight is 318 g/mol. The minimum Gasteiger partial charge on any atom is -0.406 e. The molecule has 1 rings (SSSR count). The Balaban J connectivity index is 2.92.